The molecule has 2 aliphatic rings. The SMILES string of the molecule is O=CC1=CCC=C(N(C2=CC=CCC2)c2ccccc2)S1. The topological polar surface area (TPSA) is 20.3 Å². The summed E-state index contributed by atoms with van der Waals surface area (Å²) < 4.78 is 0. The van der Waals surface area contributed by atoms with Crippen LogP contribution in [-0.4, -0.2) is 6.29 Å². The molecule has 0 unspecified atom stereocenters. The van der Waals surface area contributed by atoms with Gasteiger partial charge in [-0.05, 0) is 43.5 Å². The summed E-state index contributed by atoms with van der Waals surface area (Å²) in [4.78, 5) is 14.1. The highest BCUT2D eigenvalue weighted by Gasteiger charge is 2.20. The number of thioether (sulfide) groups is 1. The largest absolute Gasteiger partial charge is 0.309 e. The highest BCUT2D eigenvalue weighted by molar-refractivity contribution is 8.07. The van der Waals surface area contributed by atoms with Crippen molar-refractivity contribution in [2.24, 2.45) is 0 Å². The van der Waals surface area contributed by atoms with Crippen molar-refractivity contribution < 1.29 is 4.79 Å². The predicted molar refractivity (Wildman–Crippen MR) is 89.8 cm³/mol. The highest BCUT2D eigenvalue weighted by Crippen LogP contribution is 2.38. The maximum atomic E-state index is 11.1. The summed E-state index contributed by atoms with van der Waals surface area (Å²) in [7, 11) is 0. The Kier molecular flexibility index (Phi) is 4.41. The normalized spacial score (nSPS) is 17.6. The van der Waals surface area contributed by atoms with Crippen LogP contribution >= 0.6 is 11.8 Å². The monoisotopic (exact) mass is 295 g/mol. The van der Waals surface area contributed by atoms with Crippen LogP contribution in [0, 0.1) is 0 Å². The molecule has 1 aliphatic carbocycles. The van der Waals surface area contributed by atoms with Crippen LogP contribution in [0.4, 0.5) is 5.69 Å². The molecule has 21 heavy (non-hydrogen) atoms. The number of aldehydes is 1. The standard InChI is InChI=1S/C18H17NOS/c20-14-17-12-7-13-18(21-17)19(15-8-3-1-4-9-15)16-10-5-2-6-11-16/h1-5,8-10,12-14H,6-7,11H2. The number of hydrogen-bond acceptors (Lipinski definition) is 3. The van der Waals surface area contributed by atoms with Gasteiger partial charge in [-0.2, -0.15) is 0 Å². The molecule has 106 valence electrons. The van der Waals surface area contributed by atoms with Gasteiger partial charge in [-0.15, -0.1) is 0 Å². The fourth-order valence-corrected chi connectivity index (χ4v) is 3.44. The number of carbonyl (C=O) groups excluding carboxylic acids is 1. The second-order valence-electron chi connectivity index (χ2n) is 4.90. The van der Waals surface area contributed by atoms with Gasteiger partial charge in [0, 0.05) is 16.3 Å². The molecule has 2 nitrogen and oxygen atoms in total. The average Bonchev–Trinajstić information content (AvgIpc) is 2.57. The lowest BCUT2D eigenvalue weighted by Crippen LogP contribution is -2.21. The smallest absolute Gasteiger partial charge is 0.156 e. The molecule has 1 aromatic carbocycles. The minimum absolute atomic E-state index is 0.792. The van der Waals surface area contributed by atoms with Crippen molar-refractivity contribution in [1.29, 1.82) is 0 Å². The number of nitrogens with zero attached hydrogens (tertiary/aromatic N) is 1. The Labute approximate surface area is 129 Å². The van der Waals surface area contributed by atoms with Gasteiger partial charge < -0.3 is 4.90 Å². The Hall–Kier alpha value is -2.00. The Balaban J connectivity index is 1.97. The van der Waals surface area contributed by atoms with Crippen LogP contribution in [0.1, 0.15) is 19.3 Å². The van der Waals surface area contributed by atoms with E-state index in [1.165, 1.54) is 5.70 Å². The first kappa shape index (κ1) is 14.0. The number of rotatable bonds is 4. The summed E-state index contributed by atoms with van der Waals surface area (Å²) in [6, 6.07) is 10.3. The summed E-state index contributed by atoms with van der Waals surface area (Å²) in [5.74, 6) is 0. The summed E-state index contributed by atoms with van der Waals surface area (Å²) in [6.07, 6.45) is 14.4. The molecule has 0 aromatic heterocycles. The van der Waals surface area contributed by atoms with E-state index in [1.54, 1.807) is 11.8 Å². The molecule has 1 aliphatic heterocycles. The minimum atomic E-state index is 0.792. The molecular weight excluding hydrogens is 278 g/mol. The molecule has 0 radical (unpaired) electrons. The minimum Gasteiger partial charge on any atom is -0.309 e. The molecule has 1 heterocycles. The zero-order chi connectivity index (χ0) is 14.5. The van der Waals surface area contributed by atoms with E-state index in [4.69, 9.17) is 0 Å². The lowest BCUT2D eigenvalue weighted by atomic mass is 10.1. The van der Waals surface area contributed by atoms with Gasteiger partial charge in [-0.1, -0.05) is 48.2 Å². The summed E-state index contributed by atoms with van der Waals surface area (Å²) in [5, 5.41) is 1.12. The van der Waals surface area contributed by atoms with Gasteiger partial charge in [-0.25, -0.2) is 0 Å². The van der Waals surface area contributed by atoms with Crippen molar-refractivity contribution in [3.63, 3.8) is 0 Å². The van der Waals surface area contributed by atoms with E-state index >= 15 is 0 Å². The Morgan fingerprint density at radius 2 is 2.00 bits per heavy atom. The van der Waals surface area contributed by atoms with Crippen molar-refractivity contribution in [3.8, 4) is 0 Å². The van der Waals surface area contributed by atoms with Crippen molar-refractivity contribution >= 4 is 23.7 Å². The maximum Gasteiger partial charge on any atom is 0.156 e. The number of anilines is 1. The van der Waals surface area contributed by atoms with E-state index in [1.807, 2.05) is 24.3 Å². The highest BCUT2D eigenvalue weighted by atomic mass is 32.2. The third kappa shape index (κ3) is 3.19. The van der Waals surface area contributed by atoms with Crippen LogP contribution in [0.2, 0.25) is 0 Å². The molecule has 0 saturated carbocycles. The molecular formula is C18H17NOS. The predicted octanol–water partition coefficient (Wildman–Crippen LogP) is 4.79. The van der Waals surface area contributed by atoms with Gasteiger partial charge >= 0.3 is 0 Å². The Bertz CT molecular complexity index is 640. The zero-order valence-electron chi connectivity index (χ0n) is 11.7. The number of allylic oxidation sites excluding steroid dienone is 7. The van der Waals surface area contributed by atoms with Crippen LogP contribution in [0.25, 0.3) is 0 Å². The molecule has 3 rings (SSSR count). The molecule has 0 atom stereocenters. The van der Waals surface area contributed by atoms with Crippen LogP contribution in [0.5, 0.6) is 0 Å². The van der Waals surface area contributed by atoms with Gasteiger partial charge in [0.2, 0.25) is 0 Å². The Morgan fingerprint density at radius 1 is 1.14 bits per heavy atom. The summed E-state index contributed by atoms with van der Waals surface area (Å²) in [5.41, 5.74) is 2.42. The number of hydrogen-bond donors (Lipinski definition) is 0. The molecule has 0 fully saturated rings. The number of para-hydroxylation sites is 1. The third-order valence-electron chi connectivity index (χ3n) is 3.46. The van der Waals surface area contributed by atoms with E-state index in [9.17, 15) is 4.79 Å². The number of carbonyl (C=O) groups is 1. The lowest BCUT2D eigenvalue weighted by molar-refractivity contribution is -0.104. The first-order valence-electron chi connectivity index (χ1n) is 7.13. The molecule has 0 bridgehead atoms. The second-order valence-corrected chi connectivity index (χ2v) is 5.99. The van der Waals surface area contributed by atoms with E-state index in [-0.39, 0.29) is 0 Å². The van der Waals surface area contributed by atoms with E-state index in [2.05, 4.69) is 41.3 Å². The fraction of sp³-hybridized carbons (Fsp3) is 0.167. The van der Waals surface area contributed by atoms with Crippen LogP contribution in [0.3, 0.4) is 0 Å². The molecule has 0 N–H and O–H groups in total. The van der Waals surface area contributed by atoms with Crippen LogP contribution < -0.4 is 4.90 Å². The third-order valence-corrected chi connectivity index (χ3v) is 4.52. The van der Waals surface area contributed by atoms with Crippen molar-refractivity contribution in [2.45, 2.75) is 19.3 Å². The van der Waals surface area contributed by atoms with Gasteiger partial charge in [0.25, 0.3) is 0 Å². The fourth-order valence-electron chi connectivity index (χ4n) is 2.48. The van der Waals surface area contributed by atoms with Gasteiger partial charge in [0.1, 0.15) is 0 Å². The van der Waals surface area contributed by atoms with Crippen LogP contribution in [-0.2, 0) is 4.79 Å². The quantitative estimate of drug-likeness (QED) is 0.745. The molecule has 3 heteroatoms. The maximum absolute atomic E-state index is 11.1. The molecule has 1 aromatic rings. The van der Waals surface area contributed by atoms with Crippen molar-refractivity contribution in [2.75, 3.05) is 4.90 Å². The number of benzene rings is 1. The van der Waals surface area contributed by atoms with E-state index < -0.39 is 0 Å². The van der Waals surface area contributed by atoms with Crippen molar-refractivity contribution in [3.05, 3.63) is 76.3 Å². The Morgan fingerprint density at radius 3 is 2.71 bits per heavy atom. The zero-order valence-corrected chi connectivity index (χ0v) is 12.6. The van der Waals surface area contributed by atoms with E-state index in [0.29, 0.717) is 0 Å². The van der Waals surface area contributed by atoms with Gasteiger partial charge in [0.05, 0.1) is 5.03 Å². The molecule has 0 amide bonds. The van der Waals surface area contributed by atoms with Gasteiger partial charge in [-0.3, -0.25) is 4.79 Å². The first-order valence-corrected chi connectivity index (χ1v) is 7.94. The van der Waals surface area contributed by atoms with Crippen molar-refractivity contribution in [1.82, 2.24) is 0 Å². The van der Waals surface area contributed by atoms with Gasteiger partial charge in [0.15, 0.2) is 6.29 Å². The van der Waals surface area contributed by atoms with E-state index in [0.717, 1.165) is 41.2 Å². The average molecular weight is 295 g/mol. The molecule has 0 spiro atoms. The summed E-state index contributed by atoms with van der Waals surface area (Å²) >= 11 is 1.54. The first-order chi connectivity index (χ1) is 10.4. The lowest BCUT2D eigenvalue weighted by Gasteiger charge is -2.31. The second kappa shape index (κ2) is 6.64. The summed E-state index contributed by atoms with van der Waals surface area (Å²) in [6.45, 7) is 0. The van der Waals surface area contributed by atoms with Crippen LogP contribution in [0.15, 0.2) is 76.3 Å². The molecule has 0 saturated heterocycles.